The van der Waals surface area contributed by atoms with Crippen LogP contribution in [0.3, 0.4) is 0 Å². The lowest BCUT2D eigenvalue weighted by atomic mass is 10.00. The Balaban J connectivity index is 1.72. The number of allylic oxidation sites excluding steroid dienone is 1. The van der Waals surface area contributed by atoms with E-state index in [1.54, 1.807) is 0 Å². The summed E-state index contributed by atoms with van der Waals surface area (Å²) in [7, 11) is -3.14. The van der Waals surface area contributed by atoms with E-state index in [0.29, 0.717) is 19.4 Å². The molecule has 4 nitrogen and oxygen atoms in total. The van der Waals surface area contributed by atoms with E-state index in [4.69, 9.17) is 0 Å². The van der Waals surface area contributed by atoms with Crippen molar-refractivity contribution >= 4 is 20.8 Å². The van der Waals surface area contributed by atoms with Crippen LogP contribution >= 0.6 is 0 Å². The van der Waals surface area contributed by atoms with Gasteiger partial charge in [-0.05, 0) is 35.8 Å². The van der Waals surface area contributed by atoms with Crippen molar-refractivity contribution in [2.45, 2.75) is 39.2 Å². The molecular formula is C23H30N2O2S. The van der Waals surface area contributed by atoms with Gasteiger partial charge in [-0.1, -0.05) is 73.7 Å². The largest absolute Gasteiger partial charge is 0.307 e. The molecule has 0 unspecified atom stereocenters. The quantitative estimate of drug-likeness (QED) is 0.467. The molecule has 0 saturated heterocycles. The molecule has 0 aromatic heterocycles. The summed E-state index contributed by atoms with van der Waals surface area (Å²) in [6, 6.07) is 15.0. The summed E-state index contributed by atoms with van der Waals surface area (Å²) in [5.74, 6) is 6.11. The molecule has 0 aliphatic rings. The van der Waals surface area contributed by atoms with Crippen LogP contribution in [0.15, 0.2) is 54.6 Å². The Bertz CT molecular complexity index is 934. The fraction of sp³-hybridized carbons (Fsp3) is 0.391. The topological polar surface area (TPSA) is 58.2 Å². The van der Waals surface area contributed by atoms with Crippen molar-refractivity contribution in [2.75, 3.05) is 18.8 Å². The summed E-state index contributed by atoms with van der Waals surface area (Å²) in [6.07, 6.45) is 5.87. The van der Waals surface area contributed by atoms with Gasteiger partial charge in [-0.15, -0.1) is 0 Å². The van der Waals surface area contributed by atoms with E-state index in [0.717, 1.165) is 13.0 Å². The first-order chi connectivity index (χ1) is 13.5. The fourth-order valence-corrected chi connectivity index (χ4v) is 4.13. The molecule has 2 N–H and O–H groups in total. The summed E-state index contributed by atoms with van der Waals surface area (Å²) in [6.45, 7) is 5.23. The maximum atomic E-state index is 11.6. The third-order valence-corrected chi connectivity index (χ3v) is 5.94. The molecule has 0 fully saturated rings. The van der Waals surface area contributed by atoms with Crippen molar-refractivity contribution in [2.24, 2.45) is 0 Å². The highest BCUT2D eigenvalue weighted by Crippen LogP contribution is 2.23. The van der Waals surface area contributed by atoms with Crippen LogP contribution in [0.5, 0.6) is 0 Å². The first-order valence-corrected chi connectivity index (χ1v) is 11.5. The van der Waals surface area contributed by atoms with Gasteiger partial charge in [-0.25, -0.2) is 13.1 Å². The number of sulfonamides is 1. The zero-order valence-corrected chi connectivity index (χ0v) is 17.6. The first kappa shape index (κ1) is 22.2. The minimum absolute atomic E-state index is 0.192. The van der Waals surface area contributed by atoms with Gasteiger partial charge in [0, 0.05) is 25.6 Å². The van der Waals surface area contributed by atoms with Gasteiger partial charge in [0.25, 0.3) is 0 Å². The Kier molecular flexibility index (Phi) is 9.22. The maximum Gasteiger partial charge on any atom is 0.211 e. The average molecular weight is 399 g/mol. The number of fused-ring (bicyclic) bond motifs is 1. The van der Waals surface area contributed by atoms with Crippen molar-refractivity contribution in [1.82, 2.24) is 10.0 Å². The molecule has 0 radical (unpaired) electrons. The lowest BCUT2D eigenvalue weighted by Crippen LogP contribution is -2.27. The van der Waals surface area contributed by atoms with Crippen molar-refractivity contribution in [3.8, 4) is 11.8 Å². The summed E-state index contributed by atoms with van der Waals surface area (Å²) < 4.78 is 25.9. The van der Waals surface area contributed by atoms with Gasteiger partial charge in [0.1, 0.15) is 0 Å². The lowest BCUT2D eigenvalue weighted by Gasteiger charge is -2.15. The van der Waals surface area contributed by atoms with Crippen LogP contribution in [0.2, 0.25) is 0 Å². The third kappa shape index (κ3) is 7.47. The smallest absolute Gasteiger partial charge is 0.211 e. The molecule has 2 rings (SSSR count). The first-order valence-electron chi connectivity index (χ1n) is 9.85. The molecule has 1 atom stereocenters. The molecule has 150 valence electrons. The highest BCUT2D eigenvalue weighted by atomic mass is 32.2. The van der Waals surface area contributed by atoms with Crippen molar-refractivity contribution in [3.05, 3.63) is 60.2 Å². The van der Waals surface area contributed by atoms with E-state index >= 15 is 0 Å². The predicted molar refractivity (Wildman–Crippen MR) is 119 cm³/mol. The molecular weight excluding hydrogens is 368 g/mol. The summed E-state index contributed by atoms with van der Waals surface area (Å²) in [4.78, 5) is 0. The Morgan fingerprint density at radius 3 is 2.75 bits per heavy atom. The number of hydrogen-bond acceptors (Lipinski definition) is 3. The van der Waals surface area contributed by atoms with Crippen LogP contribution in [-0.4, -0.2) is 27.3 Å². The molecule has 0 spiro atoms. The van der Waals surface area contributed by atoms with Crippen molar-refractivity contribution in [3.63, 3.8) is 0 Å². The van der Waals surface area contributed by atoms with Gasteiger partial charge in [0.05, 0.1) is 5.75 Å². The third-order valence-electron chi connectivity index (χ3n) is 4.47. The predicted octanol–water partition coefficient (Wildman–Crippen LogP) is 4.16. The molecule has 0 amide bonds. The normalized spacial score (nSPS) is 12.8. The van der Waals surface area contributed by atoms with Crippen LogP contribution in [-0.2, 0) is 10.0 Å². The molecule has 28 heavy (non-hydrogen) atoms. The summed E-state index contributed by atoms with van der Waals surface area (Å²) in [5, 5.41) is 6.01. The fourth-order valence-electron chi connectivity index (χ4n) is 2.91. The van der Waals surface area contributed by atoms with Crippen molar-refractivity contribution in [1.29, 1.82) is 0 Å². The second-order valence-electron chi connectivity index (χ2n) is 6.74. The number of unbranched alkanes of at least 4 members (excludes halogenated alkanes) is 1. The van der Waals surface area contributed by atoms with Crippen molar-refractivity contribution < 1.29 is 8.42 Å². The number of nitrogens with one attached hydrogen (secondary N) is 2. The van der Waals surface area contributed by atoms with Gasteiger partial charge in [-0.2, -0.15) is 0 Å². The lowest BCUT2D eigenvalue weighted by molar-refractivity contribution is 0.579. The van der Waals surface area contributed by atoms with Crippen LogP contribution in [0.25, 0.3) is 10.8 Å². The van der Waals surface area contributed by atoms with E-state index in [1.165, 1.54) is 16.3 Å². The zero-order valence-electron chi connectivity index (χ0n) is 16.7. The molecule has 0 saturated carbocycles. The van der Waals surface area contributed by atoms with E-state index in [-0.39, 0.29) is 11.8 Å². The Morgan fingerprint density at radius 1 is 1.14 bits per heavy atom. The SMILES string of the molecule is CCCCS(=O)(=O)NCCC#C/C=C/CN[C@H](C)c1cccc2ccccc12. The van der Waals surface area contributed by atoms with Crippen LogP contribution < -0.4 is 10.0 Å². The Labute approximate surface area is 169 Å². The zero-order chi connectivity index (χ0) is 20.2. The number of rotatable bonds is 10. The van der Waals surface area contributed by atoms with E-state index in [1.807, 2.05) is 19.1 Å². The maximum absolute atomic E-state index is 11.6. The van der Waals surface area contributed by atoms with Crippen LogP contribution in [0.4, 0.5) is 0 Å². The van der Waals surface area contributed by atoms with Crippen LogP contribution in [0, 0.1) is 11.8 Å². The summed E-state index contributed by atoms with van der Waals surface area (Å²) >= 11 is 0. The van der Waals surface area contributed by atoms with E-state index in [2.05, 4.69) is 71.3 Å². The number of benzene rings is 2. The van der Waals surface area contributed by atoms with Gasteiger partial charge in [0.15, 0.2) is 0 Å². The highest BCUT2D eigenvalue weighted by molar-refractivity contribution is 7.89. The molecule has 0 aliphatic carbocycles. The Morgan fingerprint density at radius 2 is 1.93 bits per heavy atom. The molecule has 2 aromatic rings. The summed E-state index contributed by atoms with van der Waals surface area (Å²) in [5.41, 5.74) is 1.29. The van der Waals surface area contributed by atoms with Gasteiger partial charge >= 0.3 is 0 Å². The minimum atomic E-state index is -3.14. The van der Waals surface area contributed by atoms with Gasteiger partial charge in [-0.3, -0.25) is 0 Å². The molecule has 0 heterocycles. The monoisotopic (exact) mass is 398 g/mol. The molecule has 2 aromatic carbocycles. The van der Waals surface area contributed by atoms with Gasteiger partial charge < -0.3 is 5.32 Å². The second kappa shape index (κ2) is 11.7. The number of hydrogen-bond donors (Lipinski definition) is 2. The average Bonchev–Trinajstić information content (AvgIpc) is 2.70. The Hall–Kier alpha value is -2.13. The second-order valence-corrected chi connectivity index (χ2v) is 8.66. The molecule has 0 aliphatic heterocycles. The minimum Gasteiger partial charge on any atom is -0.307 e. The molecule has 5 heteroatoms. The van der Waals surface area contributed by atoms with E-state index < -0.39 is 10.0 Å². The van der Waals surface area contributed by atoms with Gasteiger partial charge in [0.2, 0.25) is 10.0 Å². The highest BCUT2D eigenvalue weighted by Gasteiger charge is 2.08. The van der Waals surface area contributed by atoms with E-state index in [9.17, 15) is 8.42 Å². The standard InChI is InChI=1S/C23H30N2O2S/c1-3-4-19-28(26,27)25-18-11-7-5-6-10-17-24-20(2)22-16-12-14-21-13-8-9-15-23(21)22/h6,8-10,12-16,20,24-25H,3-4,11,17-19H2,1-2H3/b10-6+/t20-/m1/s1. The van der Waals surface area contributed by atoms with Crippen LogP contribution in [0.1, 0.15) is 44.7 Å². The molecule has 0 bridgehead atoms.